The average Bonchev–Trinajstić information content (AvgIpc) is 2.11. The summed E-state index contributed by atoms with van der Waals surface area (Å²) in [5.41, 5.74) is 1.93. The molecule has 0 spiro atoms. The molecule has 3 nitrogen and oxygen atoms in total. The number of benzene rings is 1. The van der Waals surface area contributed by atoms with Gasteiger partial charge in [0.25, 0.3) is 0 Å². The van der Waals surface area contributed by atoms with Crippen molar-refractivity contribution in [3.63, 3.8) is 0 Å². The highest BCUT2D eigenvalue weighted by Gasteiger charge is 2.07. The van der Waals surface area contributed by atoms with Crippen LogP contribution in [0.1, 0.15) is 5.56 Å². The van der Waals surface area contributed by atoms with Gasteiger partial charge in [0.2, 0.25) is 5.91 Å². The Labute approximate surface area is 98.6 Å². The number of rotatable bonds is 3. The van der Waals surface area contributed by atoms with Crippen LogP contribution in [0.25, 0.3) is 0 Å². The number of aryl methyl sites for hydroxylation is 1. The van der Waals surface area contributed by atoms with Gasteiger partial charge in [0.05, 0.1) is 12.2 Å². The monoisotopic (exact) mass is 270 g/mol. The first-order valence-corrected chi connectivity index (χ1v) is 5.49. The van der Waals surface area contributed by atoms with Gasteiger partial charge < -0.3 is 10.2 Å². The van der Waals surface area contributed by atoms with Crippen LogP contribution in [0.3, 0.4) is 0 Å². The summed E-state index contributed by atoms with van der Waals surface area (Å²) in [6.07, 6.45) is 0. The molecule has 0 bridgehead atoms. The molecule has 0 heterocycles. The first-order valence-electron chi connectivity index (χ1n) is 4.70. The van der Waals surface area contributed by atoms with Crippen molar-refractivity contribution in [3.8, 4) is 0 Å². The summed E-state index contributed by atoms with van der Waals surface area (Å²) in [6.45, 7) is 2.38. The molecule has 1 amide bonds. The van der Waals surface area contributed by atoms with Crippen LogP contribution >= 0.6 is 15.9 Å². The van der Waals surface area contributed by atoms with Crippen molar-refractivity contribution in [2.24, 2.45) is 0 Å². The maximum atomic E-state index is 11.5. The summed E-state index contributed by atoms with van der Waals surface area (Å²) >= 11 is 3.45. The fourth-order valence-corrected chi connectivity index (χ4v) is 1.58. The Bertz CT molecular complexity index is 364. The van der Waals surface area contributed by atoms with E-state index >= 15 is 0 Å². The first-order chi connectivity index (χ1) is 7.00. The van der Waals surface area contributed by atoms with Gasteiger partial charge in [-0.2, -0.15) is 0 Å². The first kappa shape index (κ1) is 12.2. The lowest BCUT2D eigenvalue weighted by atomic mass is 10.2. The second-order valence-electron chi connectivity index (χ2n) is 3.72. The molecule has 0 radical (unpaired) electrons. The van der Waals surface area contributed by atoms with Crippen molar-refractivity contribution in [2.75, 3.05) is 26.0 Å². The summed E-state index contributed by atoms with van der Waals surface area (Å²) in [6, 6.07) is 5.79. The number of halogens is 1. The Morgan fingerprint density at radius 1 is 1.47 bits per heavy atom. The van der Waals surface area contributed by atoms with E-state index in [-0.39, 0.29) is 5.91 Å². The Morgan fingerprint density at radius 3 is 2.73 bits per heavy atom. The van der Waals surface area contributed by atoms with Gasteiger partial charge in [0.1, 0.15) is 0 Å². The molecule has 1 aromatic carbocycles. The zero-order valence-corrected chi connectivity index (χ0v) is 10.8. The molecule has 1 rings (SSSR count). The standard InChI is InChI=1S/C11H15BrN2O/c1-8-5-4-6-9(11(8)12)13-10(15)7-14(2)3/h4-6H,7H2,1-3H3,(H,13,15). The molecule has 0 fully saturated rings. The van der Waals surface area contributed by atoms with E-state index < -0.39 is 0 Å². The van der Waals surface area contributed by atoms with Crippen LogP contribution in [0.15, 0.2) is 22.7 Å². The number of nitrogens with zero attached hydrogens (tertiary/aromatic N) is 1. The van der Waals surface area contributed by atoms with Crippen molar-refractivity contribution in [1.82, 2.24) is 4.90 Å². The van der Waals surface area contributed by atoms with Gasteiger partial charge in [-0.15, -0.1) is 0 Å². The summed E-state index contributed by atoms with van der Waals surface area (Å²) in [7, 11) is 3.73. The smallest absolute Gasteiger partial charge is 0.238 e. The minimum absolute atomic E-state index is 0.00806. The molecule has 1 aromatic rings. The topological polar surface area (TPSA) is 32.3 Å². The number of hydrogen-bond acceptors (Lipinski definition) is 2. The van der Waals surface area contributed by atoms with Crippen molar-refractivity contribution >= 4 is 27.5 Å². The highest BCUT2D eigenvalue weighted by molar-refractivity contribution is 9.10. The fraction of sp³-hybridized carbons (Fsp3) is 0.364. The van der Waals surface area contributed by atoms with Crippen LogP contribution in [-0.2, 0) is 4.79 Å². The van der Waals surface area contributed by atoms with Crippen molar-refractivity contribution in [2.45, 2.75) is 6.92 Å². The molecule has 0 aliphatic rings. The highest BCUT2D eigenvalue weighted by atomic mass is 79.9. The van der Waals surface area contributed by atoms with E-state index in [1.807, 2.05) is 44.1 Å². The zero-order chi connectivity index (χ0) is 11.4. The molecule has 0 unspecified atom stereocenters. The van der Waals surface area contributed by atoms with E-state index in [2.05, 4.69) is 21.2 Å². The van der Waals surface area contributed by atoms with E-state index in [1.54, 1.807) is 0 Å². The van der Waals surface area contributed by atoms with E-state index in [9.17, 15) is 4.79 Å². The molecular formula is C11H15BrN2O. The summed E-state index contributed by atoms with van der Waals surface area (Å²) < 4.78 is 0.942. The fourth-order valence-electron chi connectivity index (χ4n) is 1.22. The molecule has 0 aliphatic heterocycles. The van der Waals surface area contributed by atoms with Gasteiger partial charge in [-0.05, 0) is 48.6 Å². The van der Waals surface area contributed by atoms with E-state index in [4.69, 9.17) is 0 Å². The molecular weight excluding hydrogens is 256 g/mol. The second kappa shape index (κ2) is 5.28. The Morgan fingerprint density at radius 2 is 2.13 bits per heavy atom. The number of carbonyl (C=O) groups is 1. The van der Waals surface area contributed by atoms with Crippen molar-refractivity contribution < 1.29 is 4.79 Å². The average molecular weight is 271 g/mol. The lowest BCUT2D eigenvalue weighted by Crippen LogP contribution is -2.27. The second-order valence-corrected chi connectivity index (χ2v) is 4.52. The minimum atomic E-state index is -0.00806. The van der Waals surface area contributed by atoms with Crippen molar-refractivity contribution in [3.05, 3.63) is 28.2 Å². The largest absolute Gasteiger partial charge is 0.324 e. The molecule has 4 heteroatoms. The molecule has 0 aromatic heterocycles. The summed E-state index contributed by atoms with van der Waals surface area (Å²) in [5, 5.41) is 2.85. The Kier molecular flexibility index (Phi) is 4.29. The lowest BCUT2D eigenvalue weighted by Gasteiger charge is -2.12. The maximum absolute atomic E-state index is 11.5. The number of carbonyl (C=O) groups excluding carboxylic acids is 1. The Balaban J connectivity index is 2.73. The predicted octanol–water partition coefficient (Wildman–Crippen LogP) is 2.26. The molecule has 1 N–H and O–H groups in total. The number of amides is 1. The van der Waals surface area contributed by atoms with Crippen LogP contribution in [0.5, 0.6) is 0 Å². The van der Waals surface area contributed by atoms with Crippen LogP contribution in [-0.4, -0.2) is 31.4 Å². The SMILES string of the molecule is Cc1cccc(NC(=O)CN(C)C)c1Br. The molecule has 0 aliphatic carbocycles. The number of anilines is 1. The van der Waals surface area contributed by atoms with Gasteiger partial charge in [0.15, 0.2) is 0 Å². The molecule has 0 saturated heterocycles. The van der Waals surface area contributed by atoms with Crippen LogP contribution in [0.4, 0.5) is 5.69 Å². The normalized spacial score (nSPS) is 10.5. The minimum Gasteiger partial charge on any atom is -0.324 e. The third kappa shape index (κ3) is 3.64. The van der Waals surface area contributed by atoms with E-state index in [0.717, 1.165) is 15.7 Å². The number of nitrogens with one attached hydrogen (secondary N) is 1. The Hall–Kier alpha value is -0.870. The number of hydrogen-bond donors (Lipinski definition) is 1. The molecule has 0 saturated carbocycles. The van der Waals surface area contributed by atoms with Crippen LogP contribution < -0.4 is 5.32 Å². The van der Waals surface area contributed by atoms with Gasteiger partial charge in [0, 0.05) is 4.47 Å². The van der Waals surface area contributed by atoms with Gasteiger partial charge in [-0.1, -0.05) is 12.1 Å². The van der Waals surface area contributed by atoms with Gasteiger partial charge >= 0.3 is 0 Å². The zero-order valence-electron chi connectivity index (χ0n) is 9.17. The summed E-state index contributed by atoms with van der Waals surface area (Å²) in [5.74, 6) is -0.00806. The van der Waals surface area contributed by atoms with Crippen LogP contribution in [0, 0.1) is 6.92 Å². The third-order valence-corrected chi connectivity index (χ3v) is 2.98. The van der Waals surface area contributed by atoms with Gasteiger partial charge in [-0.3, -0.25) is 4.79 Å². The highest BCUT2D eigenvalue weighted by Crippen LogP contribution is 2.25. The number of likely N-dealkylation sites (N-methyl/N-ethyl adjacent to an activating group) is 1. The quantitative estimate of drug-likeness (QED) is 0.914. The van der Waals surface area contributed by atoms with Crippen LogP contribution in [0.2, 0.25) is 0 Å². The molecule has 82 valence electrons. The third-order valence-electron chi connectivity index (χ3n) is 1.93. The predicted molar refractivity (Wildman–Crippen MR) is 66.1 cm³/mol. The van der Waals surface area contributed by atoms with E-state index in [0.29, 0.717) is 6.54 Å². The van der Waals surface area contributed by atoms with Gasteiger partial charge in [-0.25, -0.2) is 0 Å². The van der Waals surface area contributed by atoms with E-state index in [1.165, 1.54) is 0 Å². The lowest BCUT2D eigenvalue weighted by molar-refractivity contribution is -0.116. The summed E-state index contributed by atoms with van der Waals surface area (Å²) in [4.78, 5) is 13.3. The van der Waals surface area contributed by atoms with Crippen molar-refractivity contribution in [1.29, 1.82) is 0 Å². The maximum Gasteiger partial charge on any atom is 0.238 e. The molecule has 0 atom stereocenters. The molecule has 15 heavy (non-hydrogen) atoms.